The number of anilines is 1. The van der Waals surface area contributed by atoms with E-state index in [2.05, 4.69) is 14.4 Å². The molecule has 10 heteroatoms. The Morgan fingerprint density at radius 1 is 1.19 bits per heavy atom. The summed E-state index contributed by atoms with van der Waals surface area (Å²) in [6.07, 6.45) is 0. The minimum atomic E-state index is -1.83. The lowest BCUT2D eigenvalue weighted by Crippen LogP contribution is -2.01. The van der Waals surface area contributed by atoms with Crippen molar-refractivity contribution in [3.8, 4) is 11.5 Å². The molecule has 1 N–H and O–H groups in total. The van der Waals surface area contributed by atoms with E-state index in [0.29, 0.717) is 28.8 Å². The van der Waals surface area contributed by atoms with Crippen LogP contribution >= 0.6 is 19.9 Å². The Morgan fingerprint density at radius 3 is 2.33 bits per heavy atom. The van der Waals surface area contributed by atoms with Gasteiger partial charge in [-0.25, -0.2) is 0 Å². The van der Waals surface area contributed by atoms with Crippen molar-refractivity contribution in [2.45, 2.75) is 13.8 Å². The number of nitrogens with one attached hydrogen (secondary N) is 1. The summed E-state index contributed by atoms with van der Waals surface area (Å²) in [7, 11) is 0.817. The molecule has 0 saturated heterocycles. The Labute approximate surface area is 163 Å². The molecule has 0 amide bonds. The number of nitro groups is 1. The van der Waals surface area contributed by atoms with Crippen LogP contribution in [0.1, 0.15) is 12.5 Å². The molecule has 0 aromatic heterocycles. The van der Waals surface area contributed by atoms with Gasteiger partial charge in [0.25, 0.3) is 5.69 Å². The van der Waals surface area contributed by atoms with E-state index in [9.17, 15) is 14.7 Å². The normalized spacial score (nSPS) is 9.81. The van der Waals surface area contributed by atoms with E-state index in [1.807, 2.05) is 13.8 Å². The molecule has 0 aliphatic heterocycles. The maximum absolute atomic E-state index is 11.0. The third kappa shape index (κ3) is 7.48. The van der Waals surface area contributed by atoms with Gasteiger partial charge in [-0.05, 0) is 43.7 Å². The van der Waals surface area contributed by atoms with Crippen molar-refractivity contribution in [1.29, 1.82) is 0 Å². The Balaban J connectivity index is 0.000000527. The molecule has 0 atom stereocenters. The van der Waals surface area contributed by atoms with Crippen LogP contribution in [0.5, 0.6) is 11.5 Å². The van der Waals surface area contributed by atoms with E-state index in [-0.39, 0.29) is 5.69 Å². The minimum absolute atomic E-state index is 0.0250. The number of benzene rings is 2. The second kappa shape index (κ2) is 11.5. The van der Waals surface area contributed by atoms with Crippen molar-refractivity contribution in [3.63, 3.8) is 0 Å². The standard InChI is InChI=1S/C15H15ClN2O3.C2H6O3P/c1-3-17-13-9-12(5-6-14(13)18(19)20)21-15-7-4-11(16)8-10(15)2;1-4-6(3)5-2/h4-9,17H,3H2,1-2H3;1-2H3/q;+1. The molecule has 8 nitrogen and oxygen atoms in total. The average molecular weight is 416 g/mol. The number of halogens is 1. The zero-order valence-electron chi connectivity index (χ0n) is 15.4. The second-order valence-electron chi connectivity index (χ2n) is 5.07. The van der Waals surface area contributed by atoms with Gasteiger partial charge in [-0.3, -0.25) is 10.1 Å². The average Bonchev–Trinajstić information content (AvgIpc) is 2.64. The van der Waals surface area contributed by atoms with Gasteiger partial charge in [-0.2, -0.15) is 0 Å². The van der Waals surface area contributed by atoms with E-state index < -0.39 is 13.2 Å². The first-order valence-electron chi connectivity index (χ1n) is 7.84. The topological polar surface area (TPSA) is 99.9 Å². The Hall–Kier alpha value is -2.25. The van der Waals surface area contributed by atoms with Crippen LogP contribution in [0, 0.1) is 17.0 Å². The van der Waals surface area contributed by atoms with Gasteiger partial charge in [0.15, 0.2) is 0 Å². The highest BCUT2D eigenvalue weighted by Crippen LogP contribution is 2.33. The zero-order valence-corrected chi connectivity index (χ0v) is 17.0. The Bertz CT molecular complexity index is 797. The van der Waals surface area contributed by atoms with Crippen LogP contribution in [0.25, 0.3) is 0 Å². The molecule has 2 rings (SSSR count). The predicted molar refractivity (Wildman–Crippen MR) is 105 cm³/mol. The predicted octanol–water partition coefficient (Wildman–Crippen LogP) is 5.72. The molecule has 0 spiro atoms. The van der Waals surface area contributed by atoms with Crippen LogP contribution in [0.15, 0.2) is 36.4 Å². The van der Waals surface area contributed by atoms with Gasteiger partial charge in [0.2, 0.25) is 0 Å². The zero-order chi connectivity index (χ0) is 20.4. The van der Waals surface area contributed by atoms with Gasteiger partial charge in [0, 0.05) is 28.3 Å². The molecule has 146 valence electrons. The summed E-state index contributed by atoms with van der Waals surface area (Å²) in [5, 5.41) is 14.6. The highest BCUT2D eigenvalue weighted by Gasteiger charge is 2.14. The second-order valence-corrected chi connectivity index (χ2v) is 6.68. The van der Waals surface area contributed by atoms with Gasteiger partial charge in [0.1, 0.15) is 17.2 Å². The van der Waals surface area contributed by atoms with Crippen molar-refractivity contribution >= 4 is 31.2 Å². The molecule has 27 heavy (non-hydrogen) atoms. The Morgan fingerprint density at radius 2 is 1.85 bits per heavy atom. The molecular formula is C17H21ClN2O6P+. The maximum Gasteiger partial charge on any atom is 0.696 e. The number of rotatable bonds is 7. The van der Waals surface area contributed by atoms with Gasteiger partial charge in [-0.1, -0.05) is 11.6 Å². The highest BCUT2D eigenvalue weighted by atomic mass is 35.5. The van der Waals surface area contributed by atoms with Gasteiger partial charge in [-0.15, -0.1) is 9.05 Å². The first-order chi connectivity index (χ1) is 12.8. The van der Waals surface area contributed by atoms with Crippen LogP contribution in [0.3, 0.4) is 0 Å². The van der Waals surface area contributed by atoms with Gasteiger partial charge >= 0.3 is 8.25 Å². The molecule has 0 saturated carbocycles. The highest BCUT2D eigenvalue weighted by molar-refractivity contribution is 7.33. The number of nitro benzene ring substituents is 1. The van der Waals surface area contributed by atoms with Gasteiger partial charge < -0.3 is 10.1 Å². The molecule has 2 aromatic carbocycles. The fourth-order valence-electron chi connectivity index (χ4n) is 2.00. The smallest absolute Gasteiger partial charge is 0.457 e. The lowest BCUT2D eigenvalue weighted by atomic mass is 10.2. The van der Waals surface area contributed by atoms with Crippen LogP contribution in [-0.4, -0.2) is 25.7 Å². The van der Waals surface area contributed by atoms with Crippen LogP contribution < -0.4 is 10.1 Å². The van der Waals surface area contributed by atoms with Crippen LogP contribution in [0.2, 0.25) is 5.02 Å². The first-order valence-corrected chi connectivity index (χ1v) is 9.31. The maximum atomic E-state index is 11.0. The lowest BCUT2D eigenvalue weighted by Gasteiger charge is -2.11. The SMILES string of the molecule is CCNc1cc(Oc2ccc(Cl)cc2C)ccc1[N+](=O)[O-].CO[P+](=O)OC. The third-order valence-corrected chi connectivity index (χ3v) is 4.03. The summed E-state index contributed by atoms with van der Waals surface area (Å²) < 4.78 is 24.0. The first kappa shape index (κ1) is 22.8. The molecule has 2 aromatic rings. The largest absolute Gasteiger partial charge is 0.696 e. The van der Waals surface area contributed by atoms with Crippen LogP contribution in [-0.2, 0) is 13.6 Å². The molecule has 0 radical (unpaired) electrons. The fourth-order valence-corrected chi connectivity index (χ4v) is 2.37. The Kier molecular flexibility index (Phi) is 9.67. The van der Waals surface area contributed by atoms with E-state index in [4.69, 9.17) is 16.3 Å². The molecule has 0 heterocycles. The minimum Gasteiger partial charge on any atom is -0.457 e. The fraction of sp³-hybridized carbons (Fsp3) is 0.294. The van der Waals surface area contributed by atoms with Crippen molar-refractivity contribution < 1.29 is 23.3 Å². The van der Waals surface area contributed by atoms with E-state index in [0.717, 1.165) is 5.56 Å². The van der Waals surface area contributed by atoms with Gasteiger partial charge in [0.05, 0.1) is 19.1 Å². The van der Waals surface area contributed by atoms with Crippen LogP contribution in [0.4, 0.5) is 11.4 Å². The lowest BCUT2D eigenvalue weighted by molar-refractivity contribution is -0.384. The van der Waals surface area contributed by atoms with E-state index in [1.54, 1.807) is 30.3 Å². The molecule has 0 fully saturated rings. The summed E-state index contributed by atoms with van der Waals surface area (Å²) in [5.41, 5.74) is 1.36. The third-order valence-electron chi connectivity index (χ3n) is 3.19. The molecule has 0 aliphatic rings. The van der Waals surface area contributed by atoms with Crippen molar-refractivity contribution in [2.24, 2.45) is 0 Å². The summed E-state index contributed by atoms with van der Waals surface area (Å²) in [6, 6.07) is 9.93. The molecule has 0 aliphatic carbocycles. The van der Waals surface area contributed by atoms with E-state index >= 15 is 0 Å². The molecule has 0 unspecified atom stereocenters. The monoisotopic (exact) mass is 415 g/mol. The quantitative estimate of drug-likeness (QED) is 0.350. The number of nitrogens with zero attached hydrogens (tertiary/aromatic N) is 1. The molecular weight excluding hydrogens is 395 g/mol. The number of hydrogen-bond donors (Lipinski definition) is 1. The summed E-state index contributed by atoms with van der Waals surface area (Å²) in [6.45, 7) is 4.35. The van der Waals surface area contributed by atoms with Crippen molar-refractivity contribution in [2.75, 3.05) is 26.1 Å². The summed E-state index contributed by atoms with van der Waals surface area (Å²) in [4.78, 5) is 10.5. The summed E-state index contributed by atoms with van der Waals surface area (Å²) >= 11 is 5.90. The number of aryl methyl sites for hydroxylation is 1. The summed E-state index contributed by atoms with van der Waals surface area (Å²) in [5.74, 6) is 1.19. The number of hydrogen-bond acceptors (Lipinski definition) is 7. The van der Waals surface area contributed by atoms with Crippen molar-refractivity contribution in [1.82, 2.24) is 0 Å². The molecule has 0 bridgehead atoms. The number of ether oxygens (including phenoxy) is 1. The van der Waals surface area contributed by atoms with Crippen molar-refractivity contribution in [3.05, 3.63) is 57.1 Å². The van der Waals surface area contributed by atoms with E-state index in [1.165, 1.54) is 20.3 Å².